The molecule has 1 fully saturated rings. The minimum absolute atomic E-state index is 0.839. The van der Waals surface area contributed by atoms with Crippen molar-refractivity contribution in [1.82, 2.24) is 0 Å². The van der Waals surface area contributed by atoms with Gasteiger partial charge >= 0.3 is 0 Å². The smallest absolute Gasteiger partial charge is 0.0918 e. The Bertz CT molecular complexity index is 116. The summed E-state index contributed by atoms with van der Waals surface area (Å²) in [6.07, 6.45) is 7.73. The van der Waals surface area contributed by atoms with Gasteiger partial charge in [0.25, 0.3) is 0 Å². The molecule has 0 bridgehead atoms. The van der Waals surface area contributed by atoms with Gasteiger partial charge in [0.15, 0.2) is 0 Å². The summed E-state index contributed by atoms with van der Waals surface area (Å²) in [4.78, 5) is 0. The summed E-state index contributed by atoms with van der Waals surface area (Å²) in [6.45, 7) is 3.36. The van der Waals surface area contributed by atoms with Gasteiger partial charge in [0.2, 0.25) is 0 Å². The number of ether oxygens (including phenoxy) is 1. The molecule has 0 aliphatic heterocycles. The second kappa shape index (κ2) is 5.87. The normalized spacial score (nSPS) is 30.5. The van der Waals surface area contributed by atoms with Gasteiger partial charge in [-0.25, -0.2) is 0 Å². The molecule has 0 unspecified atom stereocenters. The maximum atomic E-state index is 5.56. The molecule has 0 heterocycles. The standard InChI is InChI=1S/C10H20OS/c1-9-5-3-4-6-10(9)7-11-8-12-2/h9-10H,3-8H2,1-2H3/t9-,10-/m1/s1. The lowest BCUT2D eigenvalue weighted by atomic mass is 9.81. The fourth-order valence-corrected chi connectivity index (χ4v) is 2.19. The van der Waals surface area contributed by atoms with Crippen LogP contribution in [0, 0.1) is 11.8 Å². The van der Waals surface area contributed by atoms with Crippen molar-refractivity contribution < 1.29 is 4.74 Å². The van der Waals surface area contributed by atoms with Crippen molar-refractivity contribution >= 4 is 11.8 Å². The van der Waals surface area contributed by atoms with Crippen LogP contribution >= 0.6 is 11.8 Å². The van der Waals surface area contributed by atoms with E-state index in [1.54, 1.807) is 11.8 Å². The molecule has 72 valence electrons. The van der Waals surface area contributed by atoms with Crippen molar-refractivity contribution in [3.8, 4) is 0 Å². The van der Waals surface area contributed by atoms with Crippen molar-refractivity contribution in [3.63, 3.8) is 0 Å². The largest absolute Gasteiger partial charge is 0.371 e. The molecule has 1 saturated carbocycles. The van der Waals surface area contributed by atoms with Crippen LogP contribution < -0.4 is 0 Å². The Hall–Kier alpha value is 0.310. The van der Waals surface area contributed by atoms with Gasteiger partial charge in [-0.05, 0) is 24.5 Å². The molecule has 0 aromatic rings. The van der Waals surface area contributed by atoms with Crippen LogP contribution in [-0.2, 0) is 4.74 Å². The van der Waals surface area contributed by atoms with Crippen LogP contribution in [0.5, 0.6) is 0 Å². The highest BCUT2D eigenvalue weighted by molar-refractivity contribution is 7.98. The van der Waals surface area contributed by atoms with Gasteiger partial charge in [-0.3, -0.25) is 0 Å². The lowest BCUT2D eigenvalue weighted by molar-refractivity contribution is 0.0920. The summed E-state index contributed by atoms with van der Waals surface area (Å²) in [5.74, 6) is 2.59. The first-order valence-electron chi connectivity index (χ1n) is 4.91. The molecule has 1 aliphatic carbocycles. The van der Waals surface area contributed by atoms with Crippen LogP contribution in [0.15, 0.2) is 0 Å². The SMILES string of the molecule is CSCOC[C@H]1CCCC[C@H]1C. The Labute approximate surface area is 80.3 Å². The average Bonchev–Trinajstić information content (AvgIpc) is 2.09. The number of hydrogen-bond acceptors (Lipinski definition) is 2. The molecule has 1 rings (SSSR count). The maximum absolute atomic E-state index is 5.56. The maximum Gasteiger partial charge on any atom is 0.0918 e. The Kier molecular flexibility index (Phi) is 5.08. The summed E-state index contributed by atoms with van der Waals surface area (Å²) >= 11 is 1.77. The van der Waals surface area contributed by atoms with E-state index in [1.165, 1.54) is 25.7 Å². The average molecular weight is 188 g/mol. The molecule has 12 heavy (non-hydrogen) atoms. The molecule has 0 saturated heterocycles. The van der Waals surface area contributed by atoms with Crippen LogP contribution in [0.25, 0.3) is 0 Å². The zero-order valence-corrected chi connectivity index (χ0v) is 9.03. The number of hydrogen-bond donors (Lipinski definition) is 0. The number of thioether (sulfide) groups is 1. The summed E-state index contributed by atoms with van der Waals surface area (Å²) in [5, 5.41) is 0. The fraction of sp³-hybridized carbons (Fsp3) is 1.00. The molecule has 1 nitrogen and oxygen atoms in total. The zero-order chi connectivity index (χ0) is 8.81. The van der Waals surface area contributed by atoms with Crippen LogP contribution in [0.3, 0.4) is 0 Å². The molecule has 0 aromatic heterocycles. The third kappa shape index (κ3) is 3.36. The molecular weight excluding hydrogens is 168 g/mol. The van der Waals surface area contributed by atoms with E-state index in [2.05, 4.69) is 13.2 Å². The second-order valence-electron chi connectivity index (χ2n) is 3.80. The quantitative estimate of drug-likeness (QED) is 0.495. The van der Waals surface area contributed by atoms with Gasteiger partial charge in [-0.15, -0.1) is 11.8 Å². The summed E-state index contributed by atoms with van der Waals surface area (Å²) < 4.78 is 5.56. The van der Waals surface area contributed by atoms with E-state index < -0.39 is 0 Å². The van der Waals surface area contributed by atoms with Crippen molar-refractivity contribution in [2.24, 2.45) is 11.8 Å². The minimum atomic E-state index is 0.839. The molecule has 0 spiro atoms. The molecule has 0 aromatic carbocycles. The first-order chi connectivity index (χ1) is 5.84. The lowest BCUT2D eigenvalue weighted by Gasteiger charge is -2.28. The van der Waals surface area contributed by atoms with Crippen LogP contribution in [-0.4, -0.2) is 18.8 Å². The Morgan fingerprint density at radius 3 is 2.75 bits per heavy atom. The third-order valence-electron chi connectivity index (χ3n) is 2.82. The van der Waals surface area contributed by atoms with E-state index in [-0.39, 0.29) is 0 Å². The van der Waals surface area contributed by atoms with Gasteiger partial charge < -0.3 is 4.74 Å². The molecule has 0 N–H and O–H groups in total. The van der Waals surface area contributed by atoms with Gasteiger partial charge in [0.1, 0.15) is 0 Å². The van der Waals surface area contributed by atoms with Crippen LogP contribution in [0.2, 0.25) is 0 Å². The monoisotopic (exact) mass is 188 g/mol. The van der Waals surface area contributed by atoms with E-state index in [4.69, 9.17) is 4.74 Å². The predicted octanol–water partition coefficient (Wildman–Crippen LogP) is 3.15. The highest BCUT2D eigenvalue weighted by Gasteiger charge is 2.20. The van der Waals surface area contributed by atoms with Crippen LogP contribution in [0.1, 0.15) is 32.6 Å². The highest BCUT2D eigenvalue weighted by Crippen LogP contribution is 2.29. The van der Waals surface area contributed by atoms with E-state index in [1.807, 2.05) is 0 Å². The molecule has 0 amide bonds. The van der Waals surface area contributed by atoms with E-state index in [9.17, 15) is 0 Å². The Morgan fingerprint density at radius 2 is 2.08 bits per heavy atom. The Balaban J connectivity index is 2.11. The fourth-order valence-electron chi connectivity index (χ4n) is 1.92. The van der Waals surface area contributed by atoms with Gasteiger partial charge in [-0.2, -0.15) is 0 Å². The van der Waals surface area contributed by atoms with Gasteiger partial charge in [0.05, 0.1) is 12.5 Å². The molecular formula is C10H20OS. The van der Waals surface area contributed by atoms with Crippen molar-refractivity contribution in [3.05, 3.63) is 0 Å². The lowest BCUT2D eigenvalue weighted by Crippen LogP contribution is -2.21. The second-order valence-corrected chi connectivity index (χ2v) is 4.61. The molecule has 0 radical (unpaired) electrons. The summed E-state index contributed by atoms with van der Waals surface area (Å²) in [6, 6.07) is 0. The van der Waals surface area contributed by atoms with E-state index in [0.29, 0.717) is 0 Å². The van der Waals surface area contributed by atoms with Gasteiger partial charge in [-0.1, -0.05) is 26.2 Å². The molecule has 1 aliphatic rings. The minimum Gasteiger partial charge on any atom is -0.371 e. The predicted molar refractivity (Wildman–Crippen MR) is 55.5 cm³/mol. The summed E-state index contributed by atoms with van der Waals surface area (Å²) in [7, 11) is 0. The Morgan fingerprint density at radius 1 is 1.33 bits per heavy atom. The summed E-state index contributed by atoms with van der Waals surface area (Å²) in [5.41, 5.74) is 0. The molecule has 2 atom stereocenters. The van der Waals surface area contributed by atoms with Crippen molar-refractivity contribution in [2.75, 3.05) is 18.8 Å². The van der Waals surface area contributed by atoms with E-state index in [0.717, 1.165) is 24.4 Å². The topological polar surface area (TPSA) is 9.23 Å². The van der Waals surface area contributed by atoms with E-state index >= 15 is 0 Å². The van der Waals surface area contributed by atoms with Crippen molar-refractivity contribution in [1.29, 1.82) is 0 Å². The van der Waals surface area contributed by atoms with Crippen molar-refractivity contribution in [2.45, 2.75) is 32.6 Å². The third-order valence-corrected chi connectivity index (χ3v) is 3.22. The number of rotatable bonds is 4. The highest BCUT2D eigenvalue weighted by atomic mass is 32.2. The molecule has 2 heteroatoms. The first kappa shape index (κ1) is 10.4. The van der Waals surface area contributed by atoms with Gasteiger partial charge in [0, 0.05) is 0 Å². The first-order valence-corrected chi connectivity index (χ1v) is 6.30. The zero-order valence-electron chi connectivity index (χ0n) is 8.21. The van der Waals surface area contributed by atoms with Crippen LogP contribution in [0.4, 0.5) is 0 Å².